The van der Waals surface area contributed by atoms with Gasteiger partial charge in [0.05, 0.1) is 5.56 Å². The lowest BCUT2D eigenvalue weighted by atomic mass is 10.2. The monoisotopic (exact) mass is 301 g/mol. The summed E-state index contributed by atoms with van der Waals surface area (Å²) >= 11 is 1.85. The van der Waals surface area contributed by atoms with Crippen molar-refractivity contribution in [2.45, 2.75) is 6.18 Å². The van der Waals surface area contributed by atoms with E-state index < -0.39 is 11.7 Å². The van der Waals surface area contributed by atoms with Crippen molar-refractivity contribution in [2.24, 2.45) is 0 Å². The van der Waals surface area contributed by atoms with Crippen LogP contribution in [0.2, 0.25) is 0 Å². The van der Waals surface area contributed by atoms with E-state index in [9.17, 15) is 13.2 Å². The van der Waals surface area contributed by atoms with E-state index in [0.29, 0.717) is 3.57 Å². The van der Waals surface area contributed by atoms with Crippen LogP contribution >= 0.6 is 22.6 Å². The molecule has 0 aliphatic carbocycles. The van der Waals surface area contributed by atoms with Gasteiger partial charge in [-0.25, -0.2) is 0 Å². The number of hydrogen-bond donors (Lipinski definition) is 1. The molecule has 1 N–H and O–H groups in total. The Balaban J connectivity index is 3.24. The molecule has 0 saturated carbocycles. The fraction of sp³-hybridized carbons (Fsp3) is 0.250. The predicted octanol–water partition coefficient (Wildman–Crippen LogP) is 3.35. The fourth-order valence-electron chi connectivity index (χ4n) is 0.969. The molecule has 0 radical (unpaired) electrons. The van der Waals surface area contributed by atoms with Gasteiger partial charge in [0.15, 0.2) is 0 Å². The summed E-state index contributed by atoms with van der Waals surface area (Å²) in [7, 11) is 1.47. The second-order valence-electron chi connectivity index (χ2n) is 2.44. The summed E-state index contributed by atoms with van der Waals surface area (Å²) in [5.74, 6) is 0. The molecule has 0 aliphatic heterocycles. The van der Waals surface area contributed by atoms with E-state index in [1.807, 2.05) is 22.6 Å². The minimum atomic E-state index is -4.29. The standard InChI is InChI=1S/C8H7F3IN/c1-13-7-3-2-5(12)4-6(7)8(9,10)11/h2-4,13H,1H3. The lowest BCUT2D eigenvalue weighted by molar-refractivity contribution is -0.137. The van der Waals surface area contributed by atoms with Crippen molar-refractivity contribution in [1.29, 1.82) is 0 Å². The molecule has 0 saturated heterocycles. The number of alkyl halides is 3. The Morgan fingerprint density at radius 3 is 2.38 bits per heavy atom. The summed E-state index contributed by atoms with van der Waals surface area (Å²) in [5.41, 5.74) is -0.519. The summed E-state index contributed by atoms with van der Waals surface area (Å²) in [5, 5.41) is 2.51. The molecule has 0 fully saturated rings. The van der Waals surface area contributed by atoms with Crippen molar-refractivity contribution in [3.8, 4) is 0 Å². The minimum absolute atomic E-state index is 0.105. The average molecular weight is 301 g/mol. The van der Waals surface area contributed by atoms with E-state index in [1.165, 1.54) is 13.1 Å². The number of nitrogens with one attached hydrogen (secondary N) is 1. The van der Waals surface area contributed by atoms with E-state index in [4.69, 9.17) is 0 Å². The Hall–Kier alpha value is -0.460. The van der Waals surface area contributed by atoms with Crippen molar-refractivity contribution in [3.63, 3.8) is 0 Å². The van der Waals surface area contributed by atoms with Crippen LogP contribution in [0.15, 0.2) is 18.2 Å². The second kappa shape index (κ2) is 3.73. The third-order valence-corrected chi connectivity index (χ3v) is 2.23. The predicted molar refractivity (Wildman–Crippen MR) is 53.7 cm³/mol. The van der Waals surface area contributed by atoms with E-state index in [2.05, 4.69) is 5.32 Å². The molecule has 72 valence electrons. The molecular weight excluding hydrogens is 294 g/mol. The lowest BCUT2D eigenvalue weighted by Gasteiger charge is -2.12. The van der Waals surface area contributed by atoms with Crippen LogP contribution in [0.3, 0.4) is 0 Å². The molecule has 0 amide bonds. The van der Waals surface area contributed by atoms with Crippen LogP contribution < -0.4 is 5.32 Å². The summed E-state index contributed by atoms with van der Waals surface area (Å²) in [4.78, 5) is 0. The highest BCUT2D eigenvalue weighted by atomic mass is 127. The summed E-state index contributed by atoms with van der Waals surface area (Å²) in [6.07, 6.45) is -4.29. The van der Waals surface area contributed by atoms with Crippen LogP contribution in [0, 0.1) is 3.57 Å². The summed E-state index contributed by atoms with van der Waals surface area (Å²) in [6.45, 7) is 0. The first kappa shape index (κ1) is 10.6. The van der Waals surface area contributed by atoms with Gasteiger partial charge >= 0.3 is 6.18 Å². The highest BCUT2D eigenvalue weighted by Gasteiger charge is 2.33. The van der Waals surface area contributed by atoms with E-state index in [-0.39, 0.29) is 5.69 Å². The minimum Gasteiger partial charge on any atom is -0.388 e. The molecule has 1 rings (SSSR count). The zero-order valence-corrected chi connectivity index (χ0v) is 8.90. The molecule has 5 heteroatoms. The lowest BCUT2D eigenvalue weighted by Crippen LogP contribution is -2.09. The molecule has 0 spiro atoms. The van der Waals surface area contributed by atoms with Crippen LogP contribution in [0.5, 0.6) is 0 Å². The van der Waals surface area contributed by atoms with Crippen LogP contribution in [-0.4, -0.2) is 7.05 Å². The smallest absolute Gasteiger partial charge is 0.388 e. The van der Waals surface area contributed by atoms with Gasteiger partial charge in [-0.3, -0.25) is 0 Å². The van der Waals surface area contributed by atoms with Crippen molar-refractivity contribution in [1.82, 2.24) is 0 Å². The van der Waals surface area contributed by atoms with Gasteiger partial charge in [0.1, 0.15) is 0 Å². The van der Waals surface area contributed by atoms with E-state index in [1.54, 1.807) is 6.07 Å². The molecule has 0 aliphatic rings. The van der Waals surface area contributed by atoms with E-state index >= 15 is 0 Å². The second-order valence-corrected chi connectivity index (χ2v) is 3.68. The maximum absolute atomic E-state index is 12.4. The number of rotatable bonds is 1. The Morgan fingerprint density at radius 2 is 1.92 bits per heavy atom. The Kier molecular flexibility index (Phi) is 3.05. The molecule has 0 atom stereocenters. The Labute approximate surface area is 87.5 Å². The molecular formula is C8H7F3IN. The van der Waals surface area contributed by atoms with Gasteiger partial charge < -0.3 is 5.32 Å². The van der Waals surface area contributed by atoms with Crippen molar-refractivity contribution in [3.05, 3.63) is 27.3 Å². The Morgan fingerprint density at radius 1 is 1.31 bits per heavy atom. The van der Waals surface area contributed by atoms with Crippen molar-refractivity contribution in [2.75, 3.05) is 12.4 Å². The van der Waals surface area contributed by atoms with Crippen LogP contribution in [0.4, 0.5) is 18.9 Å². The number of halogens is 4. The molecule has 1 aromatic carbocycles. The quantitative estimate of drug-likeness (QED) is 0.784. The first-order valence-electron chi connectivity index (χ1n) is 3.49. The first-order chi connectivity index (χ1) is 5.95. The fourth-order valence-corrected chi connectivity index (χ4v) is 1.46. The van der Waals surface area contributed by atoms with Gasteiger partial charge in [-0.2, -0.15) is 13.2 Å². The van der Waals surface area contributed by atoms with Gasteiger partial charge in [0.2, 0.25) is 0 Å². The zero-order valence-electron chi connectivity index (χ0n) is 6.74. The van der Waals surface area contributed by atoms with Crippen molar-refractivity contribution < 1.29 is 13.2 Å². The molecule has 13 heavy (non-hydrogen) atoms. The third kappa shape index (κ3) is 2.49. The van der Waals surface area contributed by atoms with Crippen molar-refractivity contribution >= 4 is 28.3 Å². The van der Waals surface area contributed by atoms with Gasteiger partial charge in [-0.05, 0) is 40.8 Å². The highest BCUT2D eigenvalue weighted by Crippen LogP contribution is 2.35. The van der Waals surface area contributed by atoms with Gasteiger partial charge in [-0.15, -0.1) is 0 Å². The topological polar surface area (TPSA) is 12.0 Å². The van der Waals surface area contributed by atoms with E-state index in [0.717, 1.165) is 6.07 Å². The first-order valence-corrected chi connectivity index (χ1v) is 4.57. The Bertz CT molecular complexity index is 309. The molecule has 0 unspecified atom stereocenters. The zero-order chi connectivity index (χ0) is 10.1. The van der Waals surface area contributed by atoms with Gasteiger partial charge in [0.25, 0.3) is 0 Å². The molecule has 0 aromatic heterocycles. The number of anilines is 1. The van der Waals surface area contributed by atoms with Crippen LogP contribution in [0.1, 0.15) is 5.56 Å². The normalized spacial score (nSPS) is 11.5. The summed E-state index contributed by atoms with van der Waals surface area (Å²) in [6, 6.07) is 4.17. The molecule has 1 aromatic rings. The molecule has 0 bridgehead atoms. The van der Waals surface area contributed by atoms with Crippen LogP contribution in [-0.2, 0) is 6.18 Å². The third-order valence-electron chi connectivity index (χ3n) is 1.56. The maximum Gasteiger partial charge on any atom is 0.418 e. The molecule has 0 heterocycles. The van der Waals surface area contributed by atoms with Gasteiger partial charge in [0, 0.05) is 16.3 Å². The SMILES string of the molecule is CNc1ccc(I)cc1C(F)(F)F. The number of benzene rings is 1. The largest absolute Gasteiger partial charge is 0.418 e. The maximum atomic E-state index is 12.4. The summed E-state index contributed by atoms with van der Waals surface area (Å²) < 4.78 is 37.7. The van der Waals surface area contributed by atoms with Gasteiger partial charge in [-0.1, -0.05) is 0 Å². The van der Waals surface area contributed by atoms with Crippen LogP contribution in [0.25, 0.3) is 0 Å². The highest BCUT2D eigenvalue weighted by molar-refractivity contribution is 14.1. The average Bonchev–Trinajstić information content (AvgIpc) is 2.03. The number of hydrogen-bond acceptors (Lipinski definition) is 1. The molecule has 1 nitrogen and oxygen atoms in total.